The molecule has 24 heavy (non-hydrogen) atoms. The minimum atomic E-state index is -1.14. The summed E-state index contributed by atoms with van der Waals surface area (Å²) in [7, 11) is 0. The number of nitrogens with one attached hydrogen (secondary N) is 1. The molecule has 4 fully saturated rings. The van der Waals surface area contributed by atoms with E-state index in [-0.39, 0.29) is 11.3 Å². The number of aliphatic carboxylic acids is 1. The highest BCUT2D eigenvalue weighted by Gasteiger charge is 2.54. The highest BCUT2D eigenvalue weighted by molar-refractivity contribution is 5.95. The molecule has 4 aliphatic rings. The largest absolute Gasteiger partial charge is 0.479 e. The van der Waals surface area contributed by atoms with E-state index in [0.29, 0.717) is 5.69 Å². The molecule has 1 heterocycles. The number of amides is 1. The maximum Gasteiger partial charge on any atom is 0.331 e. The number of carbonyl (C=O) groups excluding carboxylic acids is 1. The third kappa shape index (κ3) is 2.34. The molecule has 0 unspecified atom stereocenters. The highest BCUT2D eigenvalue weighted by Crippen LogP contribution is 2.60. The first-order valence-electron chi connectivity index (χ1n) is 8.88. The van der Waals surface area contributed by atoms with Gasteiger partial charge in [-0.05, 0) is 70.1 Å². The lowest BCUT2D eigenvalue weighted by atomic mass is 9.49. The van der Waals surface area contributed by atoms with Gasteiger partial charge in [0, 0.05) is 6.20 Å². The summed E-state index contributed by atoms with van der Waals surface area (Å²) in [4.78, 5) is 24.3. The highest BCUT2D eigenvalue weighted by atomic mass is 16.4. The average Bonchev–Trinajstić information content (AvgIpc) is 2.94. The number of hydrogen-bond acceptors (Lipinski definition) is 3. The van der Waals surface area contributed by atoms with Crippen LogP contribution < -0.4 is 5.32 Å². The Labute approximate surface area is 141 Å². The molecule has 0 saturated heterocycles. The van der Waals surface area contributed by atoms with Gasteiger partial charge in [-0.15, -0.1) is 0 Å². The van der Waals surface area contributed by atoms with E-state index in [2.05, 4.69) is 10.4 Å². The number of nitrogens with zero attached hydrogens (tertiary/aromatic N) is 2. The van der Waals surface area contributed by atoms with E-state index in [0.717, 1.165) is 37.0 Å². The van der Waals surface area contributed by atoms with Crippen LogP contribution in [0.25, 0.3) is 0 Å². The molecule has 0 aliphatic heterocycles. The van der Waals surface area contributed by atoms with Crippen LogP contribution in [0.4, 0.5) is 5.69 Å². The van der Waals surface area contributed by atoms with Crippen LogP contribution in [0.1, 0.15) is 52.4 Å². The molecular weight excluding hydrogens is 306 g/mol. The Kier molecular flexibility index (Phi) is 3.31. The van der Waals surface area contributed by atoms with Crippen molar-refractivity contribution < 1.29 is 14.7 Å². The molecule has 4 bridgehead atoms. The van der Waals surface area contributed by atoms with Gasteiger partial charge in [0.15, 0.2) is 5.54 Å². The van der Waals surface area contributed by atoms with Gasteiger partial charge >= 0.3 is 5.97 Å². The van der Waals surface area contributed by atoms with Gasteiger partial charge in [0.2, 0.25) is 5.91 Å². The topological polar surface area (TPSA) is 84.2 Å². The SMILES string of the molecule is CC(C)(C(=O)O)n1cc(NC(=O)C23CC4CC(CC(C4)C2)C3)cn1. The average molecular weight is 331 g/mol. The van der Waals surface area contributed by atoms with Crippen molar-refractivity contribution in [3.05, 3.63) is 12.4 Å². The number of hydrogen-bond donors (Lipinski definition) is 2. The van der Waals surface area contributed by atoms with Crippen molar-refractivity contribution >= 4 is 17.6 Å². The van der Waals surface area contributed by atoms with E-state index >= 15 is 0 Å². The van der Waals surface area contributed by atoms with E-state index in [4.69, 9.17) is 0 Å². The summed E-state index contributed by atoms with van der Waals surface area (Å²) in [6.07, 6.45) is 10.1. The van der Waals surface area contributed by atoms with E-state index in [1.807, 2.05) is 0 Å². The van der Waals surface area contributed by atoms with Gasteiger partial charge in [-0.3, -0.25) is 9.48 Å². The molecule has 0 atom stereocenters. The predicted octanol–water partition coefficient (Wildman–Crippen LogP) is 2.86. The van der Waals surface area contributed by atoms with Crippen LogP contribution in [0.5, 0.6) is 0 Å². The Morgan fingerprint density at radius 2 is 1.75 bits per heavy atom. The zero-order valence-corrected chi connectivity index (χ0v) is 14.3. The molecule has 1 aromatic heterocycles. The first-order chi connectivity index (χ1) is 11.3. The van der Waals surface area contributed by atoms with Gasteiger partial charge in [0.05, 0.1) is 17.3 Å². The lowest BCUT2D eigenvalue weighted by molar-refractivity contribution is -0.146. The molecule has 0 spiro atoms. The first kappa shape index (κ1) is 15.7. The molecule has 0 aromatic carbocycles. The first-order valence-corrected chi connectivity index (χ1v) is 8.88. The second-order valence-electron chi connectivity index (χ2n) is 8.69. The van der Waals surface area contributed by atoms with E-state index in [9.17, 15) is 14.7 Å². The van der Waals surface area contributed by atoms with E-state index in [1.165, 1.54) is 23.9 Å². The maximum atomic E-state index is 13.0. The monoisotopic (exact) mass is 331 g/mol. The fraction of sp³-hybridized carbons (Fsp3) is 0.722. The quantitative estimate of drug-likeness (QED) is 0.888. The zero-order valence-electron chi connectivity index (χ0n) is 14.3. The summed E-state index contributed by atoms with van der Waals surface area (Å²) >= 11 is 0. The third-order valence-corrected chi connectivity index (χ3v) is 6.46. The summed E-state index contributed by atoms with van der Waals surface area (Å²) in [6.45, 7) is 3.18. The van der Waals surface area contributed by atoms with Gasteiger partial charge in [-0.1, -0.05) is 0 Å². The second-order valence-corrected chi connectivity index (χ2v) is 8.69. The number of carbonyl (C=O) groups is 2. The Morgan fingerprint density at radius 3 is 2.25 bits per heavy atom. The number of anilines is 1. The number of carboxylic acids is 1. The number of aromatic nitrogens is 2. The van der Waals surface area contributed by atoms with Crippen LogP contribution in [0, 0.1) is 23.2 Å². The molecule has 4 saturated carbocycles. The molecule has 130 valence electrons. The molecule has 2 N–H and O–H groups in total. The lowest BCUT2D eigenvalue weighted by Gasteiger charge is -2.55. The summed E-state index contributed by atoms with van der Waals surface area (Å²) in [6, 6.07) is 0. The summed E-state index contributed by atoms with van der Waals surface area (Å²) in [5.74, 6) is 1.31. The van der Waals surface area contributed by atoms with Gasteiger partial charge in [0.25, 0.3) is 0 Å². The molecule has 4 aliphatic carbocycles. The van der Waals surface area contributed by atoms with Crippen molar-refractivity contribution in [1.82, 2.24) is 9.78 Å². The smallest absolute Gasteiger partial charge is 0.331 e. The van der Waals surface area contributed by atoms with Gasteiger partial charge in [0.1, 0.15) is 0 Å². The minimum absolute atomic E-state index is 0.106. The van der Waals surface area contributed by atoms with Gasteiger partial charge < -0.3 is 10.4 Å². The summed E-state index contributed by atoms with van der Waals surface area (Å²) in [5.41, 5.74) is -0.756. The Bertz CT molecular complexity index is 656. The molecule has 6 nitrogen and oxygen atoms in total. The second kappa shape index (κ2) is 5.07. The van der Waals surface area contributed by atoms with Crippen LogP contribution in [-0.4, -0.2) is 26.8 Å². The van der Waals surface area contributed by atoms with Crippen LogP contribution in [0.2, 0.25) is 0 Å². The molecular formula is C18H25N3O3. The van der Waals surface area contributed by atoms with Crippen molar-refractivity contribution in [2.24, 2.45) is 23.2 Å². The van der Waals surface area contributed by atoms with Crippen LogP contribution in [0.3, 0.4) is 0 Å². The van der Waals surface area contributed by atoms with Crippen LogP contribution in [0.15, 0.2) is 12.4 Å². The number of rotatable bonds is 4. The van der Waals surface area contributed by atoms with Crippen molar-refractivity contribution in [1.29, 1.82) is 0 Å². The van der Waals surface area contributed by atoms with Crippen LogP contribution in [-0.2, 0) is 15.1 Å². The zero-order chi connectivity index (χ0) is 17.1. The summed E-state index contributed by atoms with van der Waals surface area (Å²) in [5, 5.41) is 16.4. The van der Waals surface area contributed by atoms with E-state index < -0.39 is 11.5 Å². The predicted molar refractivity (Wildman–Crippen MR) is 88.4 cm³/mol. The fourth-order valence-electron chi connectivity index (χ4n) is 5.44. The molecule has 6 heteroatoms. The van der Waals surface area contributed by atoms with Crippen LogP contribution >= 0.6 is 0 Å². The van der Waals surface area contributed by atoms with E-state index in [1.54, 1.807) is 26.2 Å². The van der Waals surface area contributed by atoms with Crippen molar-refractivity contribution in [2.45, 2.75) is 57.9 Å². The summed E-state index contributed by atoms with van der Waals surface area (Å²) < 4.78 is 1.39. The molecule has 0 radical (unpaired) electrons. The third-order valence-electron chi connectivity index (χ3n) is 6.46. The maximum absolute atomic E-state index is 13.0. The molecule has 1 aromatic rings. The Balaban J connectivity index is 1.51. The molecule has 5 rings (SSSR count). The standard InChI is InChI=1S/C18H25N3O3/c1-17(2,16(23)24)21-10-14(9-19-21)20-15(22)18-6-11-3-12(7-18)5-13(4-11)8-18/h9-13H,3-8H2,1-2H3,(H,20,22)(H,23,24). The van der Waals surface area contributed by atoms with Gasteiger partial charge in [-0.2, -0.15) is 5.10 Å². The van der Waals surface area contributed by atoms with Crippen molar-refractivity contribution in [2.75, 3.05) is 5.32 Å². The normalized spacial score (nSPS) is 34.3. The Hall–Kier alpha value is -1.85. The minimum Gasteiger partial charge on any atom is -0.479 e. The number of carboxylic acid groups (broad SMARTS) is 1. The lowest BCUT2D eigenvalue weighted by Crippen LogP contribution is -2.51. The molecule has 1 amide bonds. The van der Waals surface area contributed by atoms with Crippen molar-refractivity contribution in [3.8, 4) is 0 Å². The van der Waals surface area contributed by atoms with Gasteiger partial charge in [-0.25, -0.2) is 4.79 Å². The Morgan fingerprint density at radius 1 is 1.21 bits per heavy atom. The van der Waals surface area contributed by atoms with Crippen molar-refractivity contribution in [3.63, 3.8) is 0 Å². The fourth-order valence-corrected chi connectivity index (χ4v) is 5.44.